The summed E-state index contributed by atoms with van der Waals surface area (Å²) in [5, 5.41) is 7.82. The minimum atomic E-state index is 0.439. The Balaban J connectivity index is 2.01. The van der Waals surface area contributed by atoms with E-state index >= 15 is 0 Å². The Bertz CT molecular complexity index is 338. The molecule has 1 aromatic heterocycles. The Kier molecular flexibility index (Phi) is 3.56. The highest BCUT2D eigenvalue weighted by Gasteiger charge is 2.15. The normalized spacial score (nSPS) is 18.2. The number of nitrogens with zero attached hydrogens (tertiary/aromatic N) is 4. The van der Waals surface area contributed by atoms with E-state index in [1.54, 1.807) is 0 Å². The van der Waals surface area contributed by atoms with Crippen molar-refractivity contribution in [3.8, 4) is 0 Å². The van der Waals surface area contributed by atoms with E-state index in [9.17, 15) is 0 Å². The van der Waals surface area contributed by atoms with Crippen LogP contribution in [0.4, 0.5) is 0 Å². The summed E-state index contributed by atoms with van der Waals surface area (Å²) in [6, 6.07) is 0. The number of rotatable bonds is 3. The predicted molar refractivity (Wildman–Crippen MR) is 63.2 cm³/mol. The topological polar surface area (TPSA) is 46.0 Å². The summed E-state index contributed by atoms with van der Waals surface area (Å²) in [5.41, 5.74) is 0. The molecule has 1 saturated heterocycles. The molecule has 5 nitrogen and oxygen atoms in total. The number of aromatic nitrogens is 3. The van der Waals surface area contributed by atoms with Crippen molar-refractivity contribution in [2.75, 3.05) is 26.2 Å². The quantitative estimate of drug-likeness (QED) is 0.803. The summed E-state index contributed by atoms with van der Waals surface area (Å²) in [6.07, 6.45) is 0. The molecule has 0 saturated carbocycles. The molecule has 0 radical (unpaired) electrons. The lowest BCUT2D eigenvalue weighted by Gasteiger charge is -2.25. The van der Waals surface area contributed by atoms with E-state index < -0.39 is 0 Å². The van der Waals surface area contributed by atoms with Crippen LogP contribution in [0.15, 0.2) is 0 Å². The summed E-state index contributed by atoms with van der Waals surface area (Å²) in [6.45, 7) is 9.51. The number of nitrogens with one attached hydrogen (secondary N) is 1. The maximum atomic E-state index is 4.59. The molecule has 16 heavy (non-hydrogen) atoms. The van der Waals surface area contributed by atoms with Gasteiger partial charge >= 0.3 is 0 Å². The van der Waals surface area contributed by atoms with Crippen molar-refractivity contribution in [2.45, 2.75) is 26.3 Å². The van der Waals surface area contributed by atoms with Gasteiger partial charge in [0, 0.05) is 39.1 Å². The van der Waals surface area contributed by atoms with Crippen molar-refractivity contribution in [2.24, 2.45) is 7.05 Å². The zero-order chi connectivity index (χ0) is 11.5. The van der Waals surface area contributed by atoms with Crippen LogP contribution in [0.1, 0.15) is 31.4 Å². The minimum absolute atomic E-state index is 0.439. The Labute approximate surface area is 96.8 Å². The average molecular weight is 223 g/mol. The molecule has 0 amide bonds. The van der Waals surface area contributed by atoms with Gasteiger partial charge in [-0.1, -0.05) is 13.8 Å². The van der Waals surface area contributed by atoms with Gasteiger partial charge in [0.15, 0.2) is 5.82 Å². The Morgan fingerprint density at radius 3 is 2.56 bits per heavy atom. The molecule has 1 aromatic rings. The van der Waals surface area contributed by atoms with Crippen molar-refractivity contribution in [3.63, 3.8) is 0 Å². The molecule has 1 fully saturated rings. The second-order valence-electron chi connectivity index (χ2n) is 4.69. The molecule has 0 aromatic carbocycles. The number of piperazine rings is 1. The van der Waals surface area contributed by atoms with Gasteiger partial charge in [-0.15, -0.1) is 0 Å². The number of hydrogen-bond acceptors (Lipinski definition) is 4. The SMILES string of the molecule is CC(C)c1nc(CN2CCNCC2)nn1C. The van der Waals surface area contributed by atoms with Gasteiger partial charge < -0.3 is 5.32 Å². The molecule has 5 heteroatoms. The first kappa shape index (κ1) is 11.5. The molecular weight excluding hydrogens is 202 g/mol. The van der Waals surface area contributed by atoms with Gasteiger partial charge in [-0.2, -0.15) is 5.10 Å². The van der Waals surface area contributed by atoms with Crippen LogP contribution in [0, 0.1) is 0 Å². The van der Waals surface area contributed by atoms with Crippen LogP contribution in [0.3, 0.4) is 0 Å². The second kappa shape index (κ2) is 4.93. The van der Waals surface area contributed by atoms with E-state index in [0.717, 1.165) is 44.4 Å². The lowest BCUT2D eigenvalue weighted by molar-refractivity contribution is 0.228. The largest absolute Gasteiger partial charge is 0.314 e. The van der Waals surface area contributed by atoms with E-state index in [2.05, 4.69) is 34.1 Å². The highest BCUT2D eigenvalue weighted by atomic mass is 15.3. The smallest absolute Gasteiger partial charge is 0.164 e. The van der Waals surface area contributed by atoms with Crippen molar-refractivity contribution >= 4 is 0 Å². The van der Waals surface area contributed by atoms with Gasteiger partial charge in [-0.3, -0.25) is 9.58 Å². The highest BCUT2D eigenvalue weighted by molar-refractivity contribution is 4.97. The molecule has 0 spiro atoms. The lowest BCUT2D eigenvalue weighted by Crippen LogP contribution is -2.43. The number of hydrogen-bond donors (Lipinski definition) is 1. The third-order valence-electron chi connectivity index (χ3n) is 2.93. The van der Waals surface area contributed by atoms with Crippen LogP contribution >= 0.6 is 0 Å². The molecule has 1 aliphatic heterocycles. The van der Waals surface area contributed by atoms with Crippen LogP contribution in [-0.2, 0) is 13.6 Å². The average Bonchev–Trinajstić information content (AvgIpc) is 2.61. The Morgan fingerprint density at radius 2 is 2.00 bits per heavy atom. The van der Waals surface area contributed by atoms with Crippen LogP contribution in [0.2, 0.25) is 0 Å². The molecule has 0 unspecified atom stereocenters. The Morgan fingerprint density at radius 1 is 1.31 bits per heavy atom. The summed E-state index contributed by atoms with van der Waals surface area (Å²) < 4.78 is 1.90. The highest BCUT2D eigenvalue weighted by Crippen LogP contribution is 2.11. The van der Waals surface area contributed by atoms with Gasteiger partial charge in [0.1, 0.15) is 5.82 Å². The minimum Gasteiger partial charge on any atom is -0.314 e. The van der Waals surface area contributed by atoms with Crippen LogP contribution in [0.5, 0.6) is 0 Å². The molecule has 0 bridgehead atoms. The molecule has 2 heterocycles. The van der Waals surface area contributed by atoms with Crippen molar-refractivity contribution in [1.82, 2.24) is 25.0 Å². The van der Waals surface area contributed by atoms with Gasteiger partial charge in [0.05, 0.1) is 6.54 Å². The summed E-state index contributed by atoms with van der Waals surface area (Å²) >= 11 is 0. The second-order valence-corrected chi connectivity index (χ2v) is 4.69. The number of aryl methyl sites for hydroxylation is 1. The lowest BCUT2D eigenvalue weighted by atomic mass is 10.2. The monoisotopic (exact) mass is 223 g/mol. The standard InChI is InChI=1S/C11H21N5/c1-9(2)11-13-10(14-15(11)3)8-16-6-4-12-5-7-16/h9,12H,4-8H2,1-3H3. The predicted octanol–water partition coefficient (Wildman–Crippen LogP) is 0.344. The fraction of sp³-hybridized carbons (Fsp3) is 0.818. The molecule has 1 N–H and O–H groups in total. The summed E-state index contributed by atoms with van der Waals surface area (Å²) in [7, 11) is 1.98. The van der Waals surface area contributed by atoms with Gasteiger partial charge in [-0.05, 0) is 0 Å². The fourth-order valence-electron chi connectivity index (χ4n) is 2.09. The van der Waals surface area contributed by atoms with Crippen LogP contribution in [-0.4, -0.2) is 45.8 Å². The summed E-state index contributed by atoms with van der Waals surface area (Å²) in [4.78, 5) is 6.99. The van der Waals surface area contributed by atoms with Gasteiger partial charge in [0.2, 0.25) is 0 Å². The van der Waals surface area contributed by atoms with E-state index in [1.807, 2.05) is 11.7 Å². The third kappa shape index (κ3) is 2.59. The van der Waals surface area contributed by atoms with E-state index in [4.69, 9.17) is 0 Å². The maximum absolute atomic E-state index is 4.59. The van der Waals surface area contributed by atoms with Crippen molar-refractivity contribution in [1.29, 1.82) is 0 Å². The summed E-state index contributed by atoms with van der Waals surface area (Å²) in [5.74, 6) is 2.47. The van der Waals surface area contributed by atoms with Gasteiger partial charge in [0.25, 0.3) is 0 Å². The maximum Gasteiger partial charge on any atom is 0.164 e. The molecule has 0 aliphatic carbocycles. The molecule has 90 valence electrons. The Hall–Kier alpha value is -0.940. The molecular formula is C11H21N5. The fourth-order valence-corrected chi connectivity index (χ4v) is 2.09. The van der Waals surface area contributed by atoms with Crippen LogP contribution < -0.4 is 5.32 Å². The first-order valence-corrected chi connectivity index (χ1v) is 5.99. The first-order valence-electron chi connectivity index (χ1n) is 5.99. The zero-order valence-corrected chi connectivity index (χ0v) is 10.4. The van der Waals surface area contributed by atoms with Gasteiger partial charge in [-0.25, -0.2) is 4.98 Å². The molecule has 1 aliphatic rings. The molecule has 2 rings (SSSR count). The van der Waals surface area contributed by atoms with E-state index in [-0.39, 0.29) is 0 Å². The zero-order valence-electron chi connectivity index (χ0n) is 10.4. The van der Waals surface area contributed by atoms with Crippen molar-refractivity contribution in [3.05, 3.63) is 11.6 Å². The molecule has 0 atom stereocenters. The first-order chi connectivity index (χ1) is 7.66. The van der Waals surface area contributed by atoms with Crippen LogP contribution in [0.25, 0.3) is 0 Å². The van der Waals surface area contributed by atoms with E-state index in [0.29, 0.717) is 5.92 Å². The van der Waals surface area contributed by atoms with E-state index in [1.165, 1.54) is 0 Å². The van der Waals surface area contributed by atoms with Crippen molar-refractivity contribution < 1.29 is 0 Å². The third-order valence-corrected chi connectivity index (χ3v) is 2.93.